The van der Waals surface area contributed by atoms with Gasteiger partial charge in [0.1, 0.15) is 11.9 Å². The van der Waals surface area contributed by atoms with Gasteiger partial charge >= 0.3 is 0 Å². The van der Waals surface area contributed by atoms with Gasteiger partial charge in [-0.3, -0.25) is 4.79 Å². The molecule has 0 radical (unpaired) electrons. The van der Waals surface area contributed by atoms with Gasteiger partial charge in [0.2, 0.25) is 0 Å². The largest absolute Gasteiger partial charge is 0.376 e. The van der Waals surface area contributed by atoms with Crippen LogP contribution in [0.3, 0.4) is 0 Å². The number of amides is 1. The molecule has 1 saturated heterocycles. The molecule has 4 rings (SSSR count). The second-order valence-electron chi connectivity index (χ2n) is 7.27. The van der Waals surface area contributed by atoms with Crippen LogP contribution in [0.15, 0.2) is 30.5 Å². The van der Waals surface area contributed by atoms with Crippen molar-refractivity contribution >= 4 is 22.4 Å². The SMILES string of the molecule is C[C@H](OC[C@@H]1CCCO1)C(=O)N1CC=C(c2c[nH]c3cc(F)ccc23)CC1. The van der Waals surface area contributed by atoms with Gasteiger partial charge in [-0.05, 0) is 50.0 Å². The highest BCUT2D eigenvalue weighted by Gasteiger charge is 2.25. The van der Waals surface area contributed by atoms with Crippen molar-refractivity contribution in [3.8, 4) is 0 Å². The number of nitrogens with one attached hydrogen (secondary N) is 1. The first kappa shape index (κ1) is 18.2. The lowest BCUT2D eigenvalue weighted by atomic mass is 9.98. The van der Waals surface area contributed by atoms with E-state index in [2.05, 4.69) is 11.1 Å². The Morgan fingerprint density at radius 2 is 2.37 bits per heavy atom. The van der Waals surface area contributed by atoms with Crippen LogP contribution in [0.1, 0.15) is 31.7 Å². The number of ether oxygens (including phenoxy) is 2. The van der Waals surface area contributed by atoms with E-state index in [-0.39, 0.29) is 17.8 Å². The highest BCUT2D eigenvalue weighted by molar-refractivity contribution is 5.93. The summed E-state index contributed by atoms with van der Waals surface area (Å²) in [6, 6.07) is 4.78. The predicted molar refractivity (Wildman–Crippen MR) is 102 cm³/mol. The summed E-state index contributed by atoms with van der Waals surface area (Å²) in [5.74, 6) is -0.230. The average Bonchev–Trinajstić information content (AvgIpc) is 3.35. The molecule has 2 aromatic rings. The summed E-state index contributed by atoms with van der Waals surface area (Å²) in [7, 11) is 0. The first-order chi connectivity index (χ1) is 13.1. The smallest absolute Gasteiger partial charge is 0.251 e. The monoisotopic (exact) mass is 372 g/mol. The van der Waals surface area contributed by atoms with E-state index < -0.39 is 6.10 Å². The van der Waals surface area contributed by atoms with E-state index in [1.807, 2.05) is 18.0 Å². The number of aromatic amines is 1. The minimum atomic E-state index is -0.458. The molecule has 3 heterocycles. The van der Waals surface area contributed by atoms with Gasteiger partial charge in [0.25, 0.3) is 5.91 Å². The summed E-state index contributed by atoms with van der Waals surface area (Å²) >= 11 is 0. The molecule has 1 N–H and O–H groups in total. The average molecular weight is 372 g/mol. The summed E-state index contributed by atoms with van der Waals surface area (Å²) in [6.45, 7) is 4.30. The van der Waals surface area contributed by atoms with Crippen molar-refractivity contribution in [1.82, 2.24) is 9.88 Å². The second kappa shape index (κ2) is 7.82. The number of hydrogen-bond donors (Lipinski definition) is 1. The van der Waals surface area contributed by atoms with Gasteiger partial charge in [0.05, 0.1) is 12.7 Å². The molecule has 2 aliphatic rings. The molecule has 0 spiro atoms. The fourth-order valence-corrected chi connectivity index (χ4v) is 3.83. The molecule has 0 aliphatic carbocycles. The molecule has 2 atom stereocenters. The van der Waals surface area contributed by atoms with Gasteiger partial charge in [-0.2, -0.15) is 0 Å². The maximum Gasteiger partial charge on any atom is 0.251 e. The van der Waals surface area contributed by atoms with Crippen LogP contribution in [-0.4, -0.2) is 54.3 Å². The third-order valence-electron chi connectivity index (χ3n) is 5.41. The number of carbonyl (C=O) groups is 1. The van der Waals surface area contributed by atoms with Gasteiger partial charge in [0, 0.05) is 42.4 Å². The van der Waals surface area contributed by atoms with E-state index in [1.54, 1.807) is 6.07 Å². The molecule has 1 fully saturated rings. The Balaban J connectivity index is 1.37. The van der Waals surface area contributed by atoms with E-state index in [1.165, 1.54) is 17.7 Å². The molecule has 0 bridgehead atoms. The van der Waals surface area contributed by atoms with Crippen LogP contribution < -0.4 is 0 Å². The van der Waals surface area contributed by atoms with Crippen molar-refractivity contribution in [2.24, 2.45) is 0 Å². The summed E-state index contributed by atoms with van der Waals surface area (Å²) in [5, 5.41) is 1.01. The molecule has 1 aromatic carbocycles. The zero-order valence-electron chi connectivity index (χ0n) is 15.5. The Kier molecular flexibility index (Phi) is 5.27. The Labute approximate surface area is 158 Å². The topological polar surface area (TPSA) is 54.6 Å². The van der Waals surface area contributed by atoms with Crippen molar-refractivity contribution in [3.63, 3.8) is 0 Å². The molecule has 0 saturated carbocycles. The Bertz CT molecular complexity index is 854. The van der Waals surface area contributed by atoms with Crippen LogP contribution in [0.4, 0.5) is 4.39 Å². The molecule has 1 aromatic heterocycles. The highest BCUT2D eigenvalue weighted by atomic mass is 19.1. The normalized spacial score (nSPS) is 21.5. The minimum Gasteiger partial charge on any atom is -0.376 e. The molecule has 27 heavy (non-hydrogen) atoms. The summed E-state index contributed by atoms with van der Waals surface area (Å²) in [5.41, 5.74) is 3.06. The number of aromatic nitrogens is 1. The first-order valence-corrected chi connectivity index (χ1v) is 9.60. The van der Waals surface area contributed by atoms with Crippen LogP contribution >= 0.6 is 0 Å². The lowest BCUT2D eigenvalue weighted by Gasteiger charge is -2.29. The fraction of sp³-hybridized carbons (Fsp3) is 0.476. The van der Waals surface area contributed by atoms with E-state index in [0.29, 0.717) is 19.7 Å². The van der Waals surface area contributed by atoms with Crippen LogP contribution in [0.2, 0.25) is 0 Å². The zero-order chi connectivity index (χ0) is 18.8. The molecule has 2 aliphatic heterocycles. The number of rotatable bonds is 5. The van der Waals surface area contributed by atoms with Gasteiger partial charge in [-0.15, -0.1) is 0 Å². The molecular formula is C21H25FN2O3. The molecule has 144 valence electrons. The molecule has 1 amide bonds. The van der Waals surface area contributed by atoms with Gasteiger partial charge in [-0.25, -0.2) is 4.39 Å². The zero-order valence-corrected chi connectivity index (χ0v) is 15.5. The highest BCUT2D eigenvalue weighted by Crippen LogP contribution is 2.29. The molecule has 6 heteroatoms. The van der Waals surface area contributed by atoms with Gasteiger partial charge in [0.15, 0.2) is 0 Å². The Morgan fingerprint density at radius 3 is 3.11 bits per heavy atom. The fourth-order valence-electron chi connectivity index (χ4n) is 3.83. The van der Waals surface area contributed by atoms with E-state index >= 15 is 0 Å². The van der Waals surface area contributed by atoms with Gasteiger partial charge < -0.3 is 19.4 Å². The van der Waals surface area contributed by atoms with E-state index in [0.717, 1.165) is 42.3 Å². The number of hydrogen-bond acceptors (Lipinski definition) is 3. The standard InChI is InChI=1S/C21H25FN2O3/c1-14(27-13-17-3-2-10-26-17)21(25)24-8-6-15(7-9-24)19-12-23-20-11-16(22)4-5-18(19)20/h4-6,11-12,14,17,23H,2-3,7-10,13H2,1H3/t14-,17-/m0/s1. The molecule has 5 nitrogen and oxygen atoms in total. The summed E-state index contributed by atoms with van der Waals surface area (Å²) < 4.78 is 24.6. The van der Waals surface area contributed by atoms with Crippen molar-refractivity contribution < 1.29 is 18.7 Å². The third kappa shape index (κ3) is 3.92. The molecular weight excluding hydrogens is 347 g/mol. The van der Waals surface area contributed by atoms with Crippen LogP contribution in [-0.2, 0) is 14.3 Å². The van der Waals surface area contributed by atoms with Crippen molar-refractivity contribution in [2.45, 2.75) is 38.4 Å². The van der Waals surface area contributed by atoms with Crippen molar-refractivity contribution in [2.75, 3.05) is 26.3 Å². The maximum absolute atomic E-state index is 13.4. The number of carbonyl (C=O) groups excluding carboxylic acids is 1. The number of H-pyrrole nitrogens is 1. The van der Waals surface area contributed by atoms with Crippen molar-refractivity contribution in [3.05, 3.63) is 41.9 Å². The summed E-state index contributed by atoms with van der Waals surface area (Å²) in [6.07, 6.45) is 6.51. The Morgan fingerprint density at radius 1 is 1.48 bits per heavy atom. The first-order valence-electron chi connectivity index (χ1n) is 9.60. The van der Waals surface area contributed by atoms with E-state index in [9.17, 15) is 9.18 Å². The van der Waals surface area contributed by atoms with Crippen molar-refractivity contribution in [1.29, 1.82) is 0 Å². The summed E-state index contributed by atoms with van der Waals surface area (Å²) in [4.78, 5) is 17.6. The molecule has 0 unspecified atom stereocenters. The predicted octanol–water partition coefficient (Wildman–Crippen LogP) is 3.51. The lowest BCUT2D eigenvalue weighted by Crippen LogP contribution is -2.42. The van der Waals surface area contributed by atoms with Crippen LogP contribution in [0.5, 0.6) is 0 Å². The van der Waals surface area contributed by atoms with E-state index in [4.69, 9.17) is 9.47 Å². The number of halogens is 1. The van der Waals surface area contributed by atoms with Gasteiger partial charge in [-0.1, -0.05) is 6.08 Å². The quantitative estimate of drug-likeness (QED) is 0.874. The number of fused-ring (bicyclic) bond motifs is 1. The minimum absolute atomic E-state index is 0.0179. The number of nitrogens with zero attached hydrogens (tertiary/aromatic N) is 1. The van der Waals surface area contributed by atoms with Crippen LogP contribution in [0.25, 0.3) is 16.5 Å². The second-order valence-corrected chi connectivity index (χ2v) is 7.27. The van der Waals surface area contributed by atoms with Crippen LogP contribution in [0, 0.1) is 5.82 Å². The third-order valence-corrected chi connectivity index (χ3v) is 5.41. The lowest BCUT2D eigenvalue weighted by molar-refractivity contribution is -0.144. The maximum atomic E-state index is 13.4. The Hall–Kier alpha value is -2.18. The number of benzene rings is 1.